The van der Waals surface area contributed by atoms with Gasteiger partial charge in [0.15, 0.2) is 0 Å². The second kappa shape index (κ2) is 15.3. The van der Waals surface area contributed by atoms with Crippen molar-refractivity contribution in [3.8, 4) is 0 Å². The summed E-state index contributed by atoms with van der Waals surface area (Å²) in [4.78, 5) is 29.6. The van der Waals surface area contributed by atoms with Crippen molar-refractivity contribution >= 4 is 50.7 Å². The lowest BCUT2D eigenvalue weighted by Crippen LogP contribution is -2.52. The molecule has 0 aromatic heterocycles. The first-order chi connectivity index (χ1) is 20.9. The van der Waals surface area contributed by atoms with Crippen molar-refractivity contribution in [2.24, 2.45) is 0 Å². The van der Waals surface area contributed by atoms with Crippen molar-refractivity contribution in [1.82, 2.24) is 10.2 Å². The lowest BCUT2D eigenvalue weighted by atomic mass is 10.0. The molecule has 7 nitrogen and oxygen atoms in total. The normalized spacial score (nSPS) is 14.3. The van der Waals surface area contributed by atoms with Crippen LogP contribution in [0.3, 0.4) is 0 Å². The molecule has 236 valence electrons. The van der Waals surface area contributed by atoms with Gasteiger partial charge in [0.2, 0.25) is 21.8 Å². The average molecular weight is 659 g/mol. The van der Waals surface area contributed by atoms with Crippen molar-refractivity contribution in [2.75, 3.05) is 17.1 Å². The van der Waals surface area contributed by atoms with Crippen LogP contribution in [-0.2, 0) is 32.6 Å². The van der Waals surface area contributed by atoms with Gasteiger partial charge >= 0.3 is 0 Å². The Bertz CT molecular complexity index is 1540. The van der Waals surface area contributed by atoms with Gasteiger partial charge in [-0.05, 0) is 74.1 Å². The van der Waals surface area contributed by atoms with Crippen molar-refractivity contribution in [3.63, 3.8) is 0 Å². The van der Waals surface area contributed by atoms with Gasteiger partial charge in [-0.1, -0.05) is 78.5 Å². The third-order valence-corrected chi connectivity index (χ3v) is 10.2. The number of carbonyl (C=O) groups is 2. The Morgan fingerprint density at radius 3 is 2.20 bits per heavy atom. The van der Waals surface area contributed by atoms with Gasteiger partial charge in [-0.3, -0.25) is 13.9 Å². The molecule has 3 aromatic carbocycles. The summed E-state index contributed by atoms with van der Waals surface area (Å²) in [5.74, 6) is -0.498. The van der Waals surface area contributed by atoms with Crippen molar-refractivity contribution in [3.05, 3.63) is 99.0 Å². The Kier molecular flexibility index (Phi) is 11.7. The van der Waals surface area contributed by atoms with E-state index in [9.17, 15) is 18.0 Å². The first kappa shape index (κ1) is 33.8. The van der Waals surface area contributed by atoms with E-state index in [1.807, 2.05) is 56.3 Å². The molecule has 0 saturated heterocycles. The number of carbonyl (C=O) groups excluding carboxylic acids is 2. The third kappa shape index (κ3) is 8.99. The maximum Gasteiger partial charge on any atom is 0.243 e. The second-order valence-electron chi connectivity index (χ2n) is 11.6. The first-order valence-electron chi connectivity index (χ1n) is 15.1. The highest BCUT2D eigenvalue weighted by Gasteiger charge is 2.33. The molecule has 10 heteroatoms. The van der Waals surface area contributed by atoms with Crippen LogP contribution in [0.2, 0.25) is 10.0 Å². The van der Waals surface area contributed by atoms with E-state index in [0.29, 0.717) is 27.7 Å². The van der Waals surface area contributed by atoms with E-state index in [1.54, 1.807) is 29.2 Å². The number of hydrogen-bond acceptors (Lipinski definition) is 4. The fourth-order valence-electron chi connectivity index (χ4n) is 5.66. The molecule has 1 unspecified atom stereocenters. The van der Waals surface area contributed by atoms with Gasteiger partial charge in [-0.15, -0.1) is 0 Å². The molecule has 1 fully saturated rings. The second-order valence-corrected chi connectivity index (χ2v) is 14.3. The molecular weight excluding hydrogens is 617 g/mol. The van der Waals surface area contributed by atoms with Crippen LogP contribution in [0.1, 0.15) is 60.8 Å². The van der Waals surface area contributed by atoms with E-state index in [2.05, 4.69) is 5.32 Å². The minimum Gasteiger partial charge on any atom is -0.352 e. The van der Waals surface area contributed by atoms with Gasteiger partial charge < -0.3 is 10.2 Å². The number of anilines is 1. The van der Waals surface area contributed by atoms with Gasteiger partial charge in [0.05, 0.1) is 11.9 Å². The molecule has 0 spiro atoms. The Morgan fingerprint density at radius 1 is 0.932 bits per heavy atom. The molecule has 2 amide bonds. The van der Waals surface area contributed by atoms with Gasteiger partial charge in [0.1, 0.15) is 6.04 Å². The highest BCUT2D eigenvalue weighted by molar-refractivity contribution is 7.92. The quantitative estimate of drug-likeness (QED) is 0.218. The van der Waals surface area contributed by atoms with Crippen LogP contribution >= 0.6 is 23.2 Å². The molecule has 3 aromatic rings. The number of hydrogen-bond donors (Lipinski definition) is 1. The van der Waals surface area contributed by atoms with Crippen LogP contribution < -0.4 is 9.62 Å². The van der Waals surface area contributed by atoms with Crippen LogP contribution in [0.25, 0.3) is 0 Å². The molecule has 4 rings (SSSR count). The summed E-state index contributed by atoms with van der Waals surface area (Å²) >= 11 is 13.1. The number of sulfonamides is 1. The Labute approximate surface area is 271 Å². The molecule has 0 radical (unpaired) electrons. The number of amides is 2. The monoisotopic (exact) mass is 657 g/mol. The molecule has 0 heterocycles. The van der Waals surface area contributed by atoms with Crippen molar-refractivity contribution in [1.29, 1.82) is 0 Å². The molecule has 1 atom stereocenters. The van der Waals surface area contributed by atoms with E-state index in [0.717, 1.165) is 42.4 Å². The first-order valence-corrected chi connectivity index (χ1v) is 17.7. The smallest absolute Gasteiger partial charge is 0.243 e. The van der Waals surface area contributed by atoms with Gasteiger partial charge in [0, 0.05) is 47.6 Å². The van der Waals surface area contributed by atoms with E-state index in [-0.39, 0.29) is 43.8 Å². The fourth-order valence-corrected chi connectivity index (χ4v) is 7.13. The van der Waals surface area contributed by atoms with E-state index in [1.165, 1.54) is 10.6 Å². The molecule has 0 bridgehead atoms. The minimum absolute atomic E-state index is 0.0287. The molecule has 1 saturated carbocycles. The van der Waals surface area contributed by atoms with Crippen LogP contribution in [0.4, 0.5) is 5.69 Å². The zero-order valence-corrected chi connectivity index (χ0v) is 27.9. The lowest BCUT2D eigenvalue weighted by molar-refractivity contribution is -0.141. The summed E-state index contributed by atoms with van der Waals surface area (Å²) in [6.45, 7) is 4.06. The number of rotatable bonds is 13. The maximum atomic E-state index is 14.1. The number of nitrogens with one attached hydrogen (secondary N) is 1. The molecular formula is C34H41Cl2N3O4S. The molecule has 1 N–H and O–H groups in total. The number of halogens is 2. The summed E-state index contributed by atoms with van der Waals surface area (Å²) in [5.41, 5.74) is 4.07. The molecule has 1 aliphatic rings. The van der Waals surface area contributed by atoms with Crippen LogP contribution in [0.15, 0.2) is 66.7 Å². The van der Waals surface area contributed by atoms with Crippen molar-refractivity contribution < 1.29 is 18.0 Å². The van der Waals surface area contributed by atoms with Gasteiger partial charge in [-0.25, -0.2) is 8.42 Å². The maximum absolute atomic E-state index is 14.1. The molecule has 44 heavy (non-hydrogen) atoms. The standard InChI is InChI=1S/C34H41Cl2N3O4S/c1-24-18-19-28(21-25(24)2)39(44(3,42)43)20-10-17-33(40)38(23-29-30(35)15-9-16-31(29)36)32(22-26-11-5-4-6-12-26)34(41)37-27-13-7-8-14-27/h4-6,9,11-12,15-16,18-19,21,27,32H,7-8,10,13-14,17,20,22-23H2,1-3H3,(H,37,41). The van der Waals surface area contributed by atoms with Crippen molar-refractivity contribution in [2.45, 2.75) is 77.4 Å². The highest BCUT2D eigenvalue weighted by atomic mass is 35.5. The SMILES string of the molecule is Cc1ccc(N(CCCC(=O)N(Cc2c(Cl)cccc2Cl)C(Cc2ccccc2)C(=O)NC2CCCC2)S(C)(=O)=O)cc1C. The molecule has 1 aliphatic carbocycles. The number of aryl methyl sites for hydroxylation is 2. The van der Waals surface area contributed by atoms with Crippen LogP contribution in [0, 0.1) is 13.8 Å². The summed E-state index contributed by atoms with van der Waals surface area (Å²) in [5, 5.41) is 4.00. The number of benzene rings is 3. The average Bonchev–Trinajstić information content (AvgIpc) is 3.49. The van der Waals surface area contributed by atoms with Gasteiger partial charge in [0.25, 0.3) is 0 Å². The Morgan fingerprint density at radius 2 is 1.59 bits per heavy atom. The number of nitrogens with zero attached hydrogens (tertiary/aromatic N) is 2. The van der Waals surface area contributed by atoms with E-state index < -0.39 is 16.1 Å². The predicted molar refractivity (Wildman–Crippen MR) is 179 cm³/mol. The Hall–Kier alpha value is -3.07. The van der Waals surface area contributed by atoms with E-state index >= 15 is 0 Å². The fraction of sp³-hybridized carbons (Fsp3) is 0.412. The van der Waals surface area contributed by atoms with Gasteiger partial charge in [-0.2, -0.15) is 0 Å². The largest absolute Gasteiger partial charge is 0.352 e. The zero-order chi connectivity index (χ0) is 31.9. The summed E-state index contributed by atoms with van der Waals surface area (Å²) in [6.07, 6.45) is 5.70. The van der Waals surface area contributed by atoms with Crippen LogP contribution in [0.5, 0.6) is 0 Å². The molecule has 0 aliphatic heterocycles. The summed E-state index contributed by atoms with van der Waals surface area (Å²) < 4.78 is 26.9. The lowest BCUT2D eigenvalue weighted by Gasteiger charge is -2.33. The van der Waals surface area contributed by atoms with Crippen LogP contribution in [-0.4, -0.2) is 50.0 Å². The third-order valence-electron chi connectivity index (χ3n) is 8.29. The highest BCUT2D eigenvalue weighted by Crippen LogP contribution is 2.28. The topological polar surface area (TPSA) is 86.8 Å². The summed E-state index contributed by atoms with van der Waals surface area (Å²) in [6, 6.07) is 19.5. The zero-order valence-electron chi connectivity index (χ0n) is 25.6. The minimum atomic E-state index is -3.60. The van der Waals surface area contributed by atoms with E-state index in [4.69, 9.17) is 23.2 Å². The predicted octanol–water partition coefficient (Wildman–Crippen LogP) is 6.86. The summed E-state index contributed by atoms with van der Waals surface area (Å²) in [7, 11) is -3.60. The Balaban J connectivity index is 1.62.